The first kappa shape index (κ1) is 22.8. The molecule has 10 heteroatoms. The number of thioether (sulfide) groups is 1. The van der Waals surface area contributed by atoms with Gasteiger partial charge >= 0.3 is 0 Å². The minimum Gasteiger partial charge on any atom is -0.493 e. The van der Waals surface area contributed by atoms with Crippen LogP contribution in [0.1, 0.15) is 5.56 Å². The zero-order valence-electron chi connectivity index (χ0n) is 16.9. The van der Waals surface area contributed by atoms with Crippen LogP contribution in [0, 0.1) is 5.82 Å². The molecule has 7 nitrogen and oxygen atoms in total. The molecule has 1 fully saturated rings. The largest absolute Gasteiger partial charge is 0.493 e. The summed E-state index contributed by atoms with van der Waals surface area (Å²) >= 11 is 4.72. The maximum absolute atomic E-state index is 13.0. The van der Waals surface area contributed by atoms with Crippen molar-refractivity contribution in [1.82, 2.24) is 4.90 Å². The molecule has 162 valence electrons. The van der Waals surface area contributed by atoms with E-state index >= 15 is 0 Å². The predicted molar refractivity (Wildman–Crippen MR) is 123 cm³/mol. The SMILES string of the molecule is CN=C1S/C(=C\c2cc(Br)c(OCC(=O)Nc3ccc(F)cc3)c(OC)c2)C(=O)N1C. The number of ether oxygens (including phenoxy) is 2. The van der Waals surface area contributed by atoms with Crippen LogP contribution >= 0.6 is 27.7 Å². The number of methoxy groups -OCH3 is 1. The van der Waals surface area contributed by atoms with Crippen molar-refractivity contribution in [2.75, 3.05) is 33.1 Å². The van der Waals surface area contributed by atoms with E-state index in [4.69, 9.17) is 9.47 Å². The molecule has 1 aliphatic rings. The van der Waals surface area contributed by atoms with Gasteiger partial charge in [0.15, 0.2) is 23.3 Å². The molecule has 0 saturated carbocycles. The van der Waals surface area contributed by atoms with E-state index < -0.39 is 5.91 Å². The Labute approximate surface area is 191 Å². The van der Waals surface area contributed by atoms with Crippen LogP contribution in [0.25, 0.3) is 6.08 Å². The minimum absolute atomic E-state index is 0.140. The second kappa shape index (κ2) is 9.97. The van der Waals surface area contributed by atoms with Crippen molar-refractivity contribution in [3.63, 3.8) is 0 Å². The third-order valence-electron chi connectivity index (χ3n) is 4.22. The molecule has 1 aliphatic heterocycles. The molecule has 3 rings (SSSR count). The molecule has 2 amide bonds. The first-order chi connectivity index (χ1) is 14.8. The van der Waals surface area contributed by atoms with E-state index in [1.165, 1.54) is 48.0 Å². The van der Waals surface area contributed by atoms with E-state index in [1.807, 2.05) is 0 Å². The fraction of sp³-hybridized carbons (Fsp3) is 0.190. The average Bonchev–Trinajstić information content (AvgIpc) is 3.02. The quantitative estimate of drug-likeness (QED) is 0.594. The molecule has 0 bridgehead atoms. The maximum atomic E-state index is 13.0. The molecule has 2 aromatic carbocycles. The van der Waals surface area contributed by atoms with Gasteiger partial charge in [0.2, 0.25) is 0 Å². The van der Waals surface area contributed by atoms with Gasteiger partial charge in [-0.2, -0.15) is 0 Å². The van der Waals surface area contributed by atoms with Gasteiger partial charge in [-0.1, -0.05) is 0 Å². The smallest absolute Gasteiger partial charge is 0.266 e. The molecule has 0 radical (unpaired) electrons. The normalized spacial score (nSPS) is 16.2. The summed E-state index contributed by atoms with van der Waals surface area (Å²) in [5.41, 5.74) is 1.18. The number of rotatable bonds is 6. The Bertz CT molecular complexity index is 1070. The van der Waals surface area contributed by atoms with Crippen LogP contribution in [0.15, 0.2) is 50.8 Å². The predicted octanol–water partition coefficient (Wildman–Crippen LogP) is 4.15. The average molecular weight is 508 g/mol. The summed E-state index contributed by atoms with van der Waals surface area (Å²) in [6.45, 7) is -0.276. The number of amides is 2. The van der Waals surface area contributed by atoms with Gasteiger partial charge in [0, 0.05) is 19.8 Å². The van der Waals surface area contributed by atoms with E-state index in [2.05, 4.69) is 26.2 Å². The van der Waals surface area contributed by atoms with Crippen molar-refractivity contribution in [1.29, 1.82) is 0 Å². The van der Waals surface area contributed by atoms with Crippen LogP contribution in [-0.2, 0) is 9.59 Å². The summed E-state index contributed by atoms with van der Waals surface area (Å²) in [6.07, 6.45) is 1.74. The number of carbonyl (C=O) groups is 2. The lowest BCUT2D eigenvalue weighted by Crippen LogP contribution is -2.23. The van der Waals surface area contributed by atoms with Crippen LogP contribution in [0.5, 0.6) is 11.5 Å². The van der Waals surface area contributed by atoms with Crippen molar-refractivity contribution in [3.8, 4) is 11.5 Å². The van der Waals surface area contributed by atoms with Crippen LogP contribution in [-0.4, -0.2) is 49.7 Å². The highest BCUT2D eigenvalue weighted by atomic mass is 79.9. The molecule has 0 aromatic heterocycles. The van der Waals surface area contributed by atoms with Crippen molar-refractivity contribution >= 4 is 56.4 Å². The molecule has 1 N–H and O–H groups in total. The topological polar surface area (TPSA) is 80.2 Å². The Morgan fingerprint density at radius 1 is 1.32 bits per heavy atom. The summed E-state index contributed by atoms with van der Waals surface area (Å²) in [5.74, 6) is -0.200. The second-order valence-corrected chi connectivity index (χ2v) is 8.22. The van der Waals surface area contributed by atoms with Crippen LogP contribution in [0.4, 0.5) is 10.1 Å². The molecular formula is C21H19BrFN3O4S. The molecule has 0 spiro atoms. The van der Waals surface area contributed by atoms with Gasteiger partial charge in [0.1, 0.15) is 5.82 Å². The number of benzene rings is 2. The molecule has 31 heavy (non-hydrogen) atoms. The Morgan fingerprint density at radius 2 is 2.03 bits per heavy atom. The fourth-order valence-corrected chi connectivity index (χ4v) is 4.23. The van der Waals surface area contributed by atoms with E-state index in [0.29, 0.717) is 37.3 Å². The first-order valence-corrected chi connectivity index (χ1v) is 10.6. The standard InChI is InChI=1S/C21H19BrFN3O4S/c1-24-21-26(2)20(28)17(31-21)10-12-8-15(22)19(16(9-12)29-3)30-11-18(27)25-14-6-4-13(23)5-7-14/h4-10H,11H2,1-3H3,(H,25,27)/b17-10-,24-21?. The van der Waals surface area contributed by atoms with E-state index in [0.717, 1.165) is 0 Å². The van der Waals surface area contributed by atoms with Gasteiger partial charge in [-0.3, -0.25) is 19.5 Å². The molecule has 1 heterocycles. The van der Waals surface area contributed by atoms with Crippen molar-refractivity contribution in [2.45, 2.75) is 0 Å². The number of amidine groups is 1. The van der Waals surface area contributed by atoms with Crippen molar-refractivity contribution in [2.24, 2.45) is 4.99 Å². The third kappa shape index (κ3) is 5.45. The Kier molecular flexibility index (Phi) is 7.34. The summed E-state index contributed by atoms with van der Waals surface area (Å²) < 4.78 is 24.6. The number of anilines is 1. The zero-order valence-corrected chi connectivity index (χ0v) is 19.3. The number of hydrogen-bond donors (Lipinski definition) is 1. The number of carbonyl (C=O) groups excluding carboxylic acids is 2. The van der Waals surface area contributed by atoms with E-state index in [1.54, 1.807) is 32.3 Å². The summed E-state index contributed by atoms with van der Waals surface area (Å²) in [4.78, 5) is 30.6. The highest BCUT2D eigenvalue weighted by molar-refractivity contribution is 9.10. The first-order valence-electron chi connectivity index (χ1n) is 9.02. The summed E-state index contributed by atoms with van der Waals surface area (Å²) in [7, 11) is 4.78. The van der Waals surface area contributed by atoms with Gasteiger partial charge in [-0.05, 0) is 75.7 Å². The number of halogens is 2. The number of likely N-dealkylation sites (N-methyl/N-ethyl adjacent to an activating group) is 1. The number of nitrogens with zero attached hydrogens (tertiary/aromatic N) is 2. The van der Waals surface area contributed by atoms with Gasteiger partial charge in [-0.25, -0.2) is 4.39 Å². The highest BCUT2D eigenvalue weighted by Gasteiger charge is 2.29. The van der Waals surface area contributed by atoms with Gasteiger partial charge in [0.25, 0.3) is 11.8 Å². The highest BCUT2D eigenvalue weighted by Crippen LogP contribution is 2.39. The van der Waals surface area contributed by atoms with Gasteiger partial charge in [-0.15, -0.1) is 0 Å². The Hall–Kier alpha value is -2.85. The molecule has 0 aliphatic carbocycles. The Morgan fingerprint density at radius 3 is 2.65 bits per heavy atom. The third-order valence-corrected chi connectivity index (χ3v) is 5.96. The van der Waals surface area contributed by atoms with Gasteiger partial charge < -0.3 is 14.8 Å². The van der Waals surface area contributed by atoms with Crippen LogP contribution in [0.2, 0.25) is 0 Å². The number of aliphatic imine (C=N–C) groups is 1. The van der Waals surface area contributed by atoms with E-state index in [-0.39, 0.29) is 18.3 Å². The van der Waals surface area contributed by atoms with Gasteiger partial charge in [0.05, 0.1) is 16.5 Å². The lowest BCUT2D eigenvalue weighted by atomic mass is 10.2. The maximum Gasteiger partial charge on any atom is 0.266 e. The number of nitrogens with one attached hydrogen (secondary N) is 1. The lowest BCUT2D eigenvalue weighted by molar-refractivity contribution is -0.121. The molecule has 2 aromatic rings. The van der Waals surface area contributed by atoms with E-state index in [9.17, 15) is 14.0 Å². The van der Waals surface area contributed by atoms with Crippen LogP contribution in [0.3, 0.4) is 0 Å². The number of hydrogen-bond acceptors (Lipinski definition) is 6. The summed E-state index contributed by atoms with van der Waals surface area (Å²) in [5, 5.41) is 3.24. The van der Waals surface area contributed by atoms with Crippen LogP contribution < -0.4 is 14.8 Å². The minimum atomic E-state index is -0.408. The molecule has 1 saturated heterocycles. The van der Waals surface area contributed by atoms with Crippen molar-refractivity contribution < 1.29 is 23.5 Å². The molecule has 0 atom stereocenters. The lowest BCUT2D eigenvalue weighted by Gasteiger charge is -2.14. The fourth-order valence-electron chi connectivity index (χ4n) is 2.73. The van der Waals surface area contributed by atoms with Crippen molar-refractivity contribution in [3.05, 3.63) is 57.2 Å². The molecule has 0 unspecified atom stereocenters. The Balaban J connectivity index is 1.74. The monoisotopic (exact) mass is 507 g/mol. The second-order valence-electron chi connectivity index (χ2n) is 6.36. The molecular weight excluding hydrogens is 489 g/mol. The zero-order chi connectivity index (χ0) is 22.5. The summed E-state index contributed by atoms with van der Waals surface area (Å²) in [6, 6.07) is 8.89.